The second-order valence-electron chi connectivity index (χ2n) is 19.7. The molecule has 1 aliphatic carbocycles. The number of hydrogen-bond acceptors (Lipinski definition) is 4. The molecule has 62 heavy (non-hydrogen) atoms. The molecule has 12 rings (SSSR count). The Morgan fingerprint density at radius 2 is 1.13 bits per heavy atom. The minimum atomic E-state index is -0.0429. The summed E-state index contributed by atoms with van der Waals surface area (Å²) in [5, 5.41) is 3.48. The van der Waals surface area contributed by atoms with E-state index in [9.17, 15) is 0 Å². The van der Waals surface area contributed by atoms with Crippen LogP contribution in [0.4, 0.5) is 34.1 Å². The molecule has 9 aromatic rings. The number of nitrogens with zero attached hydrogens (tertiary/aromatic N) is 2. The molecule has 0 atom stereocenters. The maximum absolute atomic E-state index is 6.82. The Morgan fingerprint density at radius 3 is 1.81 bits per heavy atom. The van der Waals surface area contributed by atoms with E-state index in [1.807, 2.05) is 0 Å². The lowest BCUT2D eigenvalue weighted by Gasteiger charge is -2.45. The summed E-state index contributed by atoms with van der Waals surface area (Å²) in [7, 11) is 0. The van der Waals surface area contributed by atoms with Gasteiger partial charge in [0.05, 0.1) is 5.69 Å². The third-order valence-electron chi connectivity index (χ3n) is 13.7. The highest BCUT2D eigenvalue weighted by atomic mass is 16.3. The van der Waals surface area contributed by atoms with Gasteiger partial charge in [0.1, 0.15) is 16.9 Å². The summed E-state index contributed by atoms with van der Waals surface area (Å²) in [6.45, 7) is 16.2. The van der Waals surface area contributed by atoms with Crippen LogP contribution in [0.25, 0.3) is 38.5 Å². The van der Waals surface area contributed by atoms with E-state index < -0.39 is 0 Å². The number of para-hydroxylation sites is 3. The van der Waals surface area contributed by atoms with Crippen LogP contribution in [0.3, 0.4) is 0 Å². The van der Waals surface area contributed by atoms with E-state index in [4.69, 9.17) is 8.83 Å². The summed E-state index contributed by atoms with van der Waals surface area (Å²) in [5.74, 6) is 1.01. The van der Waals surface area contributed by atoms with E-state index >= 15 is 0 Å². The molecule has 302 valence electrons. The molecule has 0 fully saturated rings. The van der Waals surface area contributed by atoms with Gasteiger partial charge in [0.25, 0.3) is 6.71 Å². The standard InChI is InChI=1S/C57H49BN2O2/c1-34-30-49-53-50(31-34)60(46-19-13-18-43-41-15-9-11-21-52(41)62-55(43)46)48-33-37(57(5,6)7)25-29-45(48)58(53)44-28-24-36(56(2,3)4)32-47(44)59(49)38-26-22-35(23-27-38)39-16-12-17-42-40-14-8-10-20-51(40)61-54(39)42/h8-11,13-16,18-33H,12,17H2,1-7H3. The molecule has 7 aromatic carbocycles. The molecule has 0 spiro atoms. The summed E-state index contributed by atoms with van der Waals surface area (Å²) in [6.07, 6.45) is 4.35. The molecule has 0 saturated heterocycles. The highest BCUT2D eigenvalue weighted by molar-refractivity contribution is 7.00. The predicted molar refractivity (Wildman–Crippen MR) is 261 cm³/mol. The maximum Gasteiger partial charge on any atom is 0.252 e. The molecule has 4 heterocycles. The topological polar surface area (TPSA) is 32.8 Å². The minimum absolute atomic E-state index is 0.0224. The Labute approximate surface area is 364 Å². The monoisotopic (exact) mass is 804 g/mol. The first-order valence-corrected chi connectivity index (χ1v) is 22.2. The molecule has 5 heteroatoms. The Balaban J connectivity index is 1.10. The summed E-state index contributed by atoms with van der Waals surface area (Å²) >= 11 is 0. The number of anilines is 6. The van der Waals surface area contributed by atoms with Crippen LogP contribution in [-0.4, -0.2) is 6.71 Å². The number of allylic oxidation sites excluding steroid dienone is 1. The zero-order valence-corrected chi connectivity index (χ0v) is 36.6. The minimum Gasteiger partial charge on any atom is -0.456 e. The number of rotatable bonds is 3. The zero-order valence-electron chi connectivity index (χ0n) is 36.6. The fourth-order valence-corrected chi connectivity index (χ4v) is 10.6. The molecular formula is C57H49BN2O2. The molecule has 2 aromatic heterocycles. The van der Waals surface area contributed by atoms with Gasteiger partial charge >= 0.3 is 0 Å². The van der Waals surface area contributed by atoms with Gasteiger partial charge in [-0.15, -0.1) is 0 Å². The van der Waals surface area contributed by atoms with Crippen LogP contribution in [-0.2, 0) is 17.3 Å². The average Bonchev–Trinajstić information content (AvgIpc) is 3.84. The molecule has 0 N–H and O–H groups in total. The molecule has 3 aliphatic rings. The van der Waals surface area contributed by atoms with Crippen molar-refractivity contribution in [3.8, 4) is 0 Å². The van der Waals surface area contributed by atoms with Crippen molar-refractivity contribution in [3.05, 3.63) is 179 Å². The third kappa shape index (κ3) is 5.46. The Kier molecular flexibility index (Phi) is 7.86. The van der Waals surface area contributed by atoms with E-state index in [1.54, 1.807) is 0 Å². The largest absolute Gasteiger partial charge is 0.456 e. The van der Waals surface area contributed by atoms with Gasteiger partial charge < -0.3 is 18.6 Å². The van der Waals surface area contributed by atoms with Crippen LogP contribution in [0.5, 0.6) is 0 Å². The van der Waals surface area contributed by atoms with Gasteiger partial charge in [-0.2, -0.15) is 0 Å². The molecule has 0 bridgehead atoms. The van der Waals surface area contributed by atoms with Crippen molar-refractivity contribution in [2.45, 2.75) is 72.1 Å². The molecule has 2 aliphatic heterocycles. The van der Waals surface area contributed by atoms with Crippen molar-refractivity contribution in [1.82, 2.24) is 0 Å². The molecule has 4 nitrogen and oxygen atoms in total. The molecular weight excluding hydrogens is 755 g/mol. The van der Waals surface area contributed by atoms with Gasteiger partial charge in [-0.05, 0) is 124 Å². The number of fused-ring (bicyclic) bond motifs is 10. The first-order chi connectivity index (χ1) is 29.9. The fraction of sp³-hybridized carbons (Fsp3) is 0.193. The highest BCUT2D eigenvalue weighted by Gasteiger charge is 2.44. The maximum atomic E-state index is 6.82. The lowest BCUT2D eigenvalue weighted by Crippen LogP contribution is -2.61. The van der Waals surface area contributed by atoms with E-state index in [1.165, 1.54) is 77.9 Å². The predicted octanol–water partition coefficient (Wildman–Crippen LogP) is 13.7. The number of aryl methyl sites for hydroxylation is 2. The van der Waals surface area contributed by atoms with Crippen molar-refractivity contribution < 1.29 is 8.83 Å². The van der Waals surface area contributed by atoms with Crippen molar-refractivity contribution in [2.75, 3.05) is 9.80 Å². The lowest BCUT2D eigenvalue weighted by atomic mass is 9.33. The quantitative estimate of drug-likeness (QED) is 0.167. The van der Waals surface area contributed by atoms with Crippen molar-refractivity contribution in [2.24, 2.45) is 0 Å². The van der Waals surface area contributed by atoms with Crippen molar-refractivity contribution >= 4 is 95.7 Å². The van der Waals surface area contributed by atoms with E-state index in [0.717, 1.165) is 57.5 Å². The van der Waals surface area contributed by atoms with Gasteiger partial charge in [0.15, 0.2) is 5.58 Å². The number of benzene rings is 7. The number of hydrogen-bond donors (Lipinski definition) is 0. The van der Waals surface area contributed by atoms with Crippen molar-refractivity contribution in [3.63, 3.8) is 0 Å². The Morgan fingerprint density at radius 1 is 0.532 bits per heavy atom. The summed E-state index contributed by atoms with van der Waals surface area (Å²) < 4.78 is 13.4. The van der Waals surface area contributed by atoms with Crippen LogP contribution in [0.15, 0.2) is 154 Å². The van der Waals surface area contributed by atoms with Crippen LogP contribution in [0.1, 0.15) is 81.5 Å². The van der Waals surface area contributed by atoms with Gasteiger partial charge in [0.2, 0.25) is 0 Å². The fourth-order valence-electron chi connectivity index (χ4n) is 10.6. The van der Waals surface area contributed by atoms with E-state index in [0.29, 0.717) is 0 Å². The smallest absolute Gasteiger partial charge is 0.252 e. The zero-order chi connectivity index (χ0) is 42.2. The van der Waals surface area contributed by atoms with Crippen LogP contribution in [0.2, 0.25) is 0 Å². The molecule has 0 radical (unpaired) electrons. The summed E-state index contributed by atoms with van der Waals surface area (Å²) in [4.78, 5) is 5.04. The summed E-state index contributed by atoms with van der Waals surface area (Å²) in [5.41, 5.74) is 21.1. The lowest BCUT2D eigenvalue weighted by molar-refractivity contribution is 0.590. The first kappa shape index (κ1) is 37.1. The van der Waals surface area contributed by atoms with E-state index in [2.05, 4.69) is 204 Å². The van der Waals surface area contributed by atoms with E-state index in [-0.39, 0.29) is 17.5 Å². The normalized spacial score (nSPS) is 14.6. The average molecular weight is 805 g/mol. The van der Waals surface area contributed by atoms with Crippen LogP contribution < -0.4 is 26.2 Å². The number of furan rings is 2. The van der Waals surface area contributed by atoms with Gasteiger partial charge in [-0.1, -0.05) is 133 Å². The molecule has 0 saturated carbocycles. The Hall–Kier alpha value is -6.72. The third-order valence-corrected chi connectivity index (χ3v) is 13.7. The van der Waals surface area contributed by atoms with Gasteiger partial charge in [-0.3, -0.25) is 0 Å². The van der Waals surface area contributed by atoms with Gasteiger partial charge in [-0.25, -0.2) is 0 Å². The highest BCUT2D eigenvalue weighted by Crippen LogP contribution is 2.49. The Bertz CT molecular complexity index is 3350. The molecule has 0 amide bonds. The van der Waals surface area contributed by atoms with Crippen LogP contribution in [0, 0.1) is 6.92 Å². The second-order valence-corrected chi connectivity index (χ2v) is 19.7. The SMILES string of the molecule is Cc1cc2c3c(c1)N(c1cccc4c1oc1ccccc14)c1cc(C(C)(C)C)ccc1B3c1ccc(C(C)(C)C)cc1N2c1ccc(C2=CCCc3c2oc2ccccc32)cc1. The second kappa shape index (κ2) is 13.1. The van der Waals surface area contributed by atoms with Crippen molar-refractivity contribution in [1.29, 1.82) is 0 Å². The van der Waals surface area contributed by atoms with Gasteiger partial charge in [0, 0.05) is 55.7 Å². The summed E-state index contributed by atoms with van der Waals surface area (Å²) in [6, 6.07) is 52.0. The first-order valence-electron chi connectivity index (χ1n) is 22.2. The molecule has 0 unspecified atom stereocenters. The van der Waals surface area contributed by atoms with Crippen LogP contribution >= 0.6 is 0 Å².